The number of nitrogens with one attached hydrogen (secondary N) is 1. The van der Waals surface area contributed by atoms with Crippen LogP contribution in [0.3, 0.4) is 0 Å². The van der Waals surface area contributed by atoms with E-state index in [0.29, 0.717) is 23.7 Å². The van der Waals surface area contributed by atoms with E-state index in [2.05, 4.69) is 16.1 Å². The molecule has 0 amide bonds. The lowest BCUT2D eigenvalue weighted by molar-refractivity contribution is -0.119. The number of ketones is 1. The van der Waals surface area contributed by atoms with E-state index in [1.165, 1.54) is 10.2 Å². The molecule has 2 aromatic carbocycles. The van der Waals surface area contributed by atoms with Gasteiger partial charge < -0.3 is 0 Å². The number of carbonyl (C=O) groups excluding carboxylic acids is 1. The van der Waals surface area contributed by atoms with E-state index in [-0.39, 0.29) is 12.3 Å². The van der Waals surface area contributed by atoms with Crippen molar-refractivity contribution in [1.82, 2.24) is 14.8 Å². The van der Waals surface area contributed by atoms with Gasteiger partial charge in [-0.25, -0.2) is 9.48 Å². The van der Waals surface area contributed by atoms with Gasteiger partial charge in [-0.15, -0.1) is 5.10 Å². The highest BCUT2D eigenvalue weighted by Crippen LogP contribution is 2.16. The van der Waals surface area contributed by atoms with Gasteiger partial charge >= 0.3 is 5.69 Å². The van der Waals surface area contributed by atoms with E-state index >= 15 is 0 Å². The van der Waals surface area contributed by atoms with E-state index in [0.717, 1.165) is 11.1 Å². The zero-order chi connectivity index (χ0) is 17.8. The van der Waals surface area contributed by atoms with Crippen LogP contribution < -0.4 is 5.69 Å². The normalized spacial score (nSPS) is 10.8. The van der Waals surface area contributed by atoms with E-state index in [4.69, 9.17) is 11.6 Å². The molecule has 6 heteroatoms. The highest BCUT2D eigenvalue weighted by Gasteiger charge is 2.11. The average molecular weight is 356 g/mol. The summed E-state index contributed by atoms with van der Waals surface area (Å²) in [7, 11) is 0. The van der Waals surface area contributed by atoms with Crippen molar-refractivity contribution in [2.45, 2.75) is 26.3 Å². The van der Waals surface area contributed by atoms with Crippen molar-refractivity contribution < 1.29 is 4.79 Å². The van der Waals surface area contributed by atoms with Gasteiger partial charge in [0.15, 0.2) is 11.6 Å². The molecule has 0 bridgehead atoms. The number of carbonyl (C=O) groups is 1. The van der Waals surface area contributed by atoms with Crippen molar-refractivity contribution in [1.29, 1.82) is 0 Å². The Balaban J connectivity index is 1.65. The maximum absolute atomic E-state index is 12.2. The van der Waals surface area contributed by atoms with Gasteiger partial charge in [0.25, 0.3) is 0 Å². The number of nitrogens with zero attached hydrogens (tertiary/aromatic N) is 2. The topological polar surface area (TPSA) is 67.8 Å². The van der Waals surface area contributed by atoms with Crippen molar-refractivity contribution in [3.05, 3.63) is 75.2 Å². The van der Waals surface area contributed by atoms with Crippen LogP contribution in [0.4, 0.5) is 0 Å². The molecule has 1 heterocycles. The Morgan fingerprint density at radius 2 is 1.96 bits per heavy atom. The fourth-order valence-corrected chi connectivity index (χ4v) is 2.73. The van der Waals surface area contributed by atoms with Gasteiger partial charge in [-0.05, 0) is 43.2 Å². The van der Waals surface area contributed by atoms with Gasteiger partial charge in [-0.3, -0.25) is 9.78 Å². The van der Waals surface area contributed by atoms with Gasteiger partial charge in [0.2, 0.25) is 0 Å². The van der Waals surface area contributed by atoms with E-state index in [1.54, 1.807) is 24.3 Å². The molecule has 3 rings (SSSR count). The van der Waals surface area contributed by atoms with Crippen LogP contribution in [0.25, 0.3) is 11.4 Å². The molecule has 25 heavy (non-hydrogen) atoms. The minimum Gasteiger partial charge on any atom is -0.298 e. The van der Waals surface area contributed by atoms with Crippen LogP contribution >= 0.6 is 11.6 Å². The van der Waals surface area contributed by atoms with Crippen LogP contribution in [0.5, 0.6) is 0 Å². The van der Waals surface area contributed by atoms with Gasteiger partial charge in [-0.2, -0.15) is 0 Å². The molecule has 1 N–H and O–H groups in total. The summed E-state index contributed by atoms with van der Waals surface area (Å²) < 4.78 is 1.17. The zero-order valence-electron chi connectivity index (χ0n) is 13.8. The summed E-state index contributed by atoms with van der Waals surface area (Å²) in [4.78, 5) is 26.9. The first-order valence-electron chi connectivity index (χ1n) is 8.01. The third-order valence-electron chi connectivity index (χ3n) is 3.90. The Bertz CT molecular complexity index is 942. The Morgan fingerprint density at radius 1 is 1.20 bits per heavy atom. The second-order valence-corrected chi connectivity index (χ2v) is 6.41. The van der Waals surface area contributed by atoms with Crippen molar-refractivity contribution in [2.75, 3.05) is 0 Å². The van der Waals surface area contributed by atoms with Gasteiger partial charge in [0.05, 0.1) is 0 Å². The quantitative estimate of drug-likeness (QED) is 0.736. The van der Waals surface area contributed by atoms with Crippen LogP contribution in [-0.2, 0) is 17.8 Å². The molecule has 0 fully saturated rings. The van der Waals surface area contributed by atoms with E-state index in [1.807, 2.05) is 25.1 Å². The van der Waals surface area contributed by atoms with Crippen LogP contribution in [-0.4, -0.2) is 20.5 Å². The molecule has 0 saturated heterocycles. The minimum atomic E-state index is -0.395. The number of rotatable bonds is 6. The summed E-state index contributed by atoms with van der Waals surface area (Å²) in [6.07, 6.45) is 1.03. The first-order chi connectivity index (χ1) is 12.0. The number of halogens is 1. The molecule has 0 saturated carbocycles. The number of Topliss-reactive ketones (excluding diaryl/α,β-unsaturated/α-hetero) is 1. The van der Waals surface area contributed by atoms with Gasteiger partial charge in [-0.1, -0.05) is 41.4 Å². The van der Waals surface area contributed by atoms with Crippen molar-refractivity contribution in [2.24, 2.45) is 0 Å². The first-order valence-corrected chi connectivity index (χ1v) is 8.39. The standard InChI is InChI=1S/C19H18ClN3O2/c1-13-3-2-4-14(11-13)5-10-17(24)12-23-19(25)21-18(22-23)15-6-8-16(20)9-7-15/h2-4,6-9,11H,5,10,12H2,1H3,(H,21,22,25). The summed E-state index contributed by atoms with van der Waals surface area (Å²) in [5.74, 6) is 0.394. The second-order valence-electron chi connectivity index (χ2n) is 5.97. The van der Waals surface area contributed by atoms with E-state index in [9.17, 15) is 9.59 Å². The molecule has 0 aliphatic heterocycles. The van der Waals surface area contributed by atoms with Crippen LogP contribution in [0.15, 0.2) is 53.3 Å². The number of aryl methyl sites for hydroxylation is 2. The van der Waals surface area contributed by atoms with Gasteiger partial charge in [0.1, 0.15) is 6.54 Å². The summed E-state index contributed by atoms with van der Waals surface area (Å²) >= 11 is 5.86. The first kappa shape index (κ1) is 17.2. The average Bonchev–Trinajstić information content (AvgIpc) is 2.94. The second kappa shape index (κ2) is 7.49. The van der Waals surface area contributed by atoms with E-state index < -0.39 is 5.69 Å². The highest BCUT2D eigenvalue weighted by atomic mass is 35.5. The number of aromatic nitrogens is 3. The van der Waals surface area contributed by atoms with Gasteiger partial charge in [0, 0.05) is 17.0 Å². The Hall–Kier alpha value is -2.66. The molecular weight excluding hydrogens is 338 g/mol. The Kier molecular flexibility index (Phi) is 5.14. The summed E-state index contributed by atoms with van der Waals surface area (Å²) in [5.41, 5.74) is 2.63. The third kappa shape index (κ3) is 4.45. The number of benzene rings is 2. The highest BCUT2D eigenvalue weighted by molar-refractivity contribution is 6.30. The molecule has 0 aliphatic rings. The molecular formula is C19H18ClN3O2. The largest absolute Gasteiger partial charge is 0.343 e. The molecule has 1 aromatic heterocycles. The number of H-pyrrole nitrogens is 1. The lowest BCUT2D eigenvalue weighted by atomic mass is 10.1. The number of hydrogen-bond acceptors (Lipinski definition) is 3. The maximum Gasteiger partial charge on any atom is 0.343 e. The summed E-state index contributed by atoms with van der Waals surface area (Å²) in [5, 5.41) is 4.81. The number of aromatic amines is 1. The zero-order valence-corrected chi connectivity index (χ0v) is 14.6. The molecule has 5 nitrogen and oxygen atoms in total. The monoisotopic (exact) mass is 355 g/mol. The maximum atomic E-state index is 12.2. The molecule has 0 atom stereocenters. The predicted octanol–water partition coefficient (Wildman–Crippen LogP) is 3.40. The molecule has 0 spiro atoms. The summed E-state index contributed by atoms with van der Waals surface area (Å²) in [6, 6.07) is 15.0. The van der Waals surface area contributed by atoms with Crippen LogP contribution in [0.1, 0.15) is 17.5 Å². The molecule has 0 radical (unpaired) electrons. The smallest absolute Gasteiger partial charge is 0.298 e. The Labute approximate surface area is 150 Å². The van der Waals surface area contributed by atoms with Crippen molar-refractivity contribution in [3.63, 3.8) is 0 Å². The fraction of sp³-hybridized carbons (Fsp3) is 0.211. The molecule has 128 valence electrons. The molecule has 0 unspecified atom stereocenters. The van der Waals surface area contributed by atoms with Crippen LogP contribution in [0.2, 0.25) is 5.02 Å². The predicted molar refractivity (Wildman–Crippen MR) is 97.8 cm³/mol. The van der Waals surface area contributed by atoms with Crippen LogP contribution in [0, 0.1) is 6.92 Å². The SMILES string of the molecule is Cc1cccc(CCC(=O)Cn2nc(-c3ccc(Cl)cc3)[nH]c2=O)c1. The van der Waals surface area contributed by atoms with Crippen molar-refractivity contribution >= 4 is 17.4 Å². The third-order valence-corrected chi connectivity index (χ3v) is 4.15. The lowest BCUT2D eigenvalue weighted by Gasteiger charge is -2.02. The number of hydrogen-bond donors (Lipinski definition) is 1. The minimum absolute atomic E-state index is 0.0298. The summed E-state index contributed by atoms with van der Waals surface area (Å²) in [6.45, 7) is 1.99. The van der Waals surface area contributed by atoms with Crippen molar-refractivity contribution in [3.8, 4) is 11.4 Å². The Morgan fingerprint density at radius 3 is 2.68 bits per heavy atom. The molecule has 0 aliphatic carbocycles. The fourth-order valence-electron chi connectivity index (χ4n) is 2.60. The molecule has 3 aromatic rings. The lowest BCUT2D eigenvalue weighted by Crippen LogP contribution is -2.23.